The topological polar surface area (TPSA) is 92.1 Å². The summed E-state index contributed by atoms with van der Waals surface area (Å²) in [6.07, 6.45) is 4.58. The molecule has 1 atom stereocenters. The van der Waals surface area contributed by atoms with Crippen molar-refractivity contribution in [3.63, 3.8) is 0 Å². The molecule has 3 aromatic rings. The minimum Gasteiger partial charge on any atom is -0.490 e. The number of thiazole rings is 1. The van der Waals surface area contributed by atoms with Crippen molar-refractivity contribution >= 4 is 21.4 Å². The van der Waals surface area contributed by atoms with E-state index in [4.69, 9.17) is 4.74 Å². The molecule has 1 heterocycles. The monoisotopic (exact) mass is 453 g/mol. The number of hydrogen-bond donors (Lipinski definition) is 1. The second-order valence-corrected chi connectivity index (χ2v) is 10.7. The van der Waals surface area contributed by atoms with Gasteiger partial charge in [0.15, 0.2) is 0 Å². The normalized spacial score (nSPS) is 15.6. The predicted octanol–water partition coefficient (Wildman–Crippen LogP) is 4.67. The van der Waals surface area contributed by atoms with Gasteiger partial charge >= 0.3 is 0 Å². The van der Waals surface area contributed by atoms with E-state index < -0.39 is 10.0 Å². The van der Waals surface area contributed by atoms with Gasteiger partial charge in [-0.05, 0) is 61.6 Å². The third kappa shape index (κ3) is 4.64. The highest BCUT2D eigenvalue weighted by Gasteiger charge is 2.27. The van der Waals surface area contributed by atoms with E-state index in [2.05, 4.69) is 21.8 Å². The fourth-order valence-electron chi connectivity index (χ4n) is 3.91. The Morgan fingerprint density at radius 3 is 2.81 bits per heavy atom. The lowest BCUT2D eigenvalue weighted by atomic mass is 10.0. The molecule has 31 heavy (non-hydrogen) atoms. The Labute approximate surface area is 186 Å². The summed E-state index contributed by atoms with van der Waals surface area (Å²) in [6.45, 7) is 3.85. The van der Waals surface area contributed by atoms with E-state index in [9.17, 15) is 13.7 Å². The van der Waals surface area contributed by atoms with E-state index in [1.165, 1.54) is 6.26 Å². The molecule has 1 aliphatic carbocycles. The third-order valence-corrected chi connectivity index (χ3v) is 6.90. The fourth-order valence-corrected chi connectivity index (χ4v) is 5.63. The van der Waals surface area contributed by atoms with Gasteiger partial charge in [-0.2, -0.15) is 5.26 Å². The van der Waals surface area contributed by atoms with Crippen molar-refractivity contribution in [1.29, 1.82) is 5.26 Å². The Morgan fingerprint density at radius 1 is 1.29 bits per heavy atom. The number of ether oxygens (including phenoxy) is 1. The third-order valence-electron chi connectivity index (χ3n) is 5.11. The van der Waals surface area contributed by atoms with E-state index in [1.807, 2.05) is 50.4 Å². The van der Waals surface area contributed by atoms with Crippen LogP contribution in [0.15, 0.2) is 42.6 Å². The molecule has 6 nitrogen and oxygen atoms in total. The van der Waals surface area contributed by atoms with Gasteiger partial charge in [-0.25, -0.2) is 18.1 Å². The Morgan fingerprint density at radius 2 is 2.10 bits per heavy atom. The summed E-state index contributed by atoms with van der Waals surface area (Å²) in [6, 6.07) is 13.6. The molecule has 0 bridgehead atoms. The van der Waals surface area contributed by atoms with Crippen molar-refractivity contribution in [3.05, 3.63) is 59.3 Å². The number of sulfonamides is 1. The van der Waals surface area contributed by atoms with Gasteiger partial charge in [-0.1, -0.05) is 18.2 Å². The van der Waals surface area contributed by atoms with Crippen molar-refractivity contribution in [1.82, 2.24) is 9.71 Å². The standard InChI is InChI=1S/C23H23N3O3S2/c1-14(2)29-21-10-7-15(11-16(21)12-24)23-25-13-22(30-23)19-6-4-5-18-17(19)8-9-20(18)26-31(3,27)28/h4-7,10-11,13-14,20,26H,8-9H2,1-3H3. The van der Waals surface area contributed by atoms with Gasteiger partial charge in [0.2, 0.25) is 10.0 Å². The summed E-state index contributed by atoms with van der Waals surface area (Å²) < 4.78 is 31.8. The van der Waals surface area contributed by atoms with Crippen molar-refractivity contribution in [2.45, 2.75) is 38.8 Å². The van der Waals surface area contributed by atoms with Gasteiger partial charge in [0.25, 0.3) is 0 Å². The van der Waals surface area contributed by atoms with Crippen LogP contribution in [0.4, 0.5) is 0 Å². The van der Waals surface area contributed by atoms with Crippen LogP contribution in [0.25, 0.3) is 21.0 Å². The SMILES string of the molecule is CC(C)Oc1ccc(-c2ncc(-c3cccc4c3CCC4NS(C)(=O)=O)s2)cc1C#N. The molecule has 4 rings (SSSR count). The molecule has 0 fully saturated rings. The lowest BCUT2D eigenvalue weighted by Gasteiger charge is -2.13. The Balaban J connectivity index is 1.66. The van der Waals surface area contributed by atoms with Gasteiger partial charge < -0.3 is 4.74 Å². The second-order valence-electron chi connectivity index (χ2n) is 7.87. The van der Waals surface area contributed by atoms with Gasteiger partial charge in [-0.15, -0.1) is 11.3 Å². The van der Waals surface area contributed by atoms with E-state index in [-0.39, 0.29) is 12.1 Å². The molecule has 1 N–H and O–H groups in total. The smallest absolute Gasteiger partial charge is 0.209 e. The Hall–Kier alpha value is -2.73. The first-order valence-corrected chi connectivity index (χ1v) is 12.7. The van der Waals surface area contributed by atoms with E-state index in [0.717, 1.165) is 45.0 Å². The van der Waals surface area contributed by atoms with Crippen LogP contribution >= 0.6 is 11.3 Å². The van der Waals surface area contributed by atoms with E-state index in [0.29, 0.717) is 11.3 Å². The Kier molecular flexibility index (Phi) is 5.84. The van der Waals surface area contributed by atoms with Crippen LogP contribution in [0, 0.1) is 11.3 Å². The lowest BCUT2D eigenvalue weighted by Crippen LogP contribution is -2.25. The van der Waals surface area contributed by atoms with E-state index in [1.54, 1.807) is 11.3 Å². The Bertz CT molecular complexity index is 1270. The first kappa shape index (κ1) is 21.5. The van der Waals surface area contributed by atoms with Crippen LogP contribution in [0.1, 0.15) is 43.0 Å². The van der Waals surface area contributed by atoms with Gasteiger partial charge in [0.05, 0.1) is 22.8 Å². The molecule has 0 saturated carbocycles. The molecule has 160 valence electrons. The number of nitriles is 1. The lowest BCUT2D eigenvalue weighted by molar-refractivity contribution is 0.242. The summed E-state index contributed by atoms with van der Waals surface area (Å²) >= 11 is 1.56. The molecule has 1 unspecified atom stereocenters. The molecule has 1 aliphatic rings. The summed E-state index contributed by atoms with van der Waals surface area (Å²) in [4.78, 5) is 5.61. The minimum absolute atomic E-state index is 0.00870. The maximum atomic E-state index is 11.7. The van der Waals surface area contributed by atoms with E-state index >= 15 is 0 Å². The van der Waals surface area contributed by atoms with Gasteiger partial charge in [-0.3, -0.25) is 0 Å². The molecule has 0 radical (unpaired) electrons. The highest BCUT2D eigenvalue weighted by Crippen LogP contribution is 2.41. The first-order chi connectivity index (χ1) is 14.7. The maximum absolute atomic E-state index is 11.7. The zero-order chi connectivity index (χ0) is 22.2. The molecular formula is C23H23N3O3S2. The van der Waals surface area contributed by atoms with Crippen LogP contribution < -0.4 is 9.46 Å². The van der Waals surface area contributed by atoms with Crippen LogP contribution in [0.5, 0.6) is 5.75 Å². The quantitative estimate of drug-likeness (QED) is 0.585. The molecule has 0 spiro atoms. The van der Waals surface area contributed by atoms with Crippen LogP contribution in [-0.2, 0) is 16.4 Å². The summed E-state index contributed by atoms with van der Waals surface area (Å²) in [5.74, 6) is 0.573. The number of nitrogens with one attached hydrogen (secondary N) is 1. The number of fused-ring (bicyclic) bond motifs is 1. The fraction of sp³-hybridized carbons (Fsp3) is 0.304. The van der Waals surface area contributed by atoms with Crippen LogP contribution in [0.3, 0.4) is 0 Å². The molecule has 0 saturated heterocycles. The average molecular weight is 454 g/mol. The van der Waals surface area contributed by atoms with Crippen molar-refractivity contribution in [2.24, 2.45) is 0 Å². The summed E-state index contributed by atoms with van der Waals surface area (Å²) in [5, 5.41) is 10.3. The van der Waals surface area contributed by atoms with Crippen molar-refractivity contribution in [2.75, 3.05) is 6.26 Å². The minimum atomic E-state index is -3.27. The van der Waals surface area contributed by atoms with Crippen molar-refractivity contribution < 1.29 is 13.2 Å². The number of benzene rings is 2. The molecular weight excluding hydrogens is 430 g/mol. The predicted molar refractivity (Wildman–Crippen MR) is 123 cm³/mol. The van der Waals surface area contributed by atoms with Crippen molar-refractivity contribution in [3.8, 4) is 32.8 Å². The maximum Gasteiger partial charge on any atom is 0.209 e. The van der Waals surface area contributed by atoms with Gasteiger partial charge in [0.1, 0.15) is 16.8 Å². The number of aromatic nitrogens is 1. The zero-order valence-corrected chi connectivity index (χ0v) is 19.2. The summed E-state index contributed by atoms with van der Waals surface area (Å²) in [7, 11) is -3.27. The van der Waals surface area contributed by atoms with Crippen LogP contribution in [-0.4, -0.2) is 25.8 Å². The number of hydrogen-bond acceptors (Lipinski definition) is 6. The number of rotatable bonds is 6. The van der Waals surface area contributed by atoms with Crippen LogP contribution in [0.2, 0.25) is 0 Å². The van der Waals surface area contributed by atoms with Gasteiger partial charge in [0, 0.05) is 17.8 Å². The zero-order valence-electron chi connectivity index (χ0n) is 17.5. The molecule has 0 aliphatic heterocycles. The second kappa shape index (κ2) is 8.42. The molecule has 1 aromatic heterocycles. The highest BCUT2D eigenvalue weighted by molar-refractivity contribution is 7.88. The highest BCUT2D eigenvalue weighted by atomic mass is 32.2. The summed E-state index contributed by atoms with van der Waals surface area (Å²) in [5.41, 5.74) is 4.63. The largest absolute Gasteiger partial charge is 0.490 e. The molecule has 0 amide bonds. The average Bonchev–Trinajstić information content (AvgIpc) is 3.34. The first-order valence-electron chi connectivity index (χ1n) is 10.0. The number of nitrogens with zero attached hydrogens (tertiary/aromatic N) is 2. The molecule has 2 aromatic carbocycles. The molecule has 8 heteroatoms.